The average molecular weight is 346 g/mol. The summed E-state index contributed by atoms with van der Waals surface area (Å²) in [6, 6.07) is 5.30. The molecule has 25 heavy (non-hydrogen) atoms. The first kappa shape index (κ1) is 17.1. The normalized spacial score (nSPS) is 13.0. The molecule has 1 amide bonds. The van der Waals surface area contributed by atoms with Gasteiger partial charge in [-0.2, -0.15) is 5.10 Å². The summed E-state index contributed by atoms with van der Waals surface area (Å²) in [5.74, 6) is 1.71. The van der Waals surface area contributed by atoms with Crippen LogP contribution in [-0.4, -0.2) is 50.0 Å². The Morgan fingerprint density at radius 1 is 1.20 bits per heavy atom. The fourth-order valence-corrected chi connectivity index (χ4v) is 2.69. The molecule has 0 unspecified atom stereocenters. The van der Waals surface area contributed by atoms with E-state index in [1.807, 2.05) is 0 Å². The molecule has 0 radical (unpaired) electrons. The molecule has 1 aliphatic rings. The molecule has 0 aliphatic carbocycles. The predicted molar refractivity (Wildman–Crippen MR) is 91.4 cm³/mol. The number of methoxy groups -OCH3 is 2. The van der Waals surface area contributed by atoms with E-state index in [2.05, 4.69) is 20.8 Å². The first-order valence-corrected chi connectivity index (χ1v) is 8.12. The zero-order chi connectivity index (χ0) is 17.6. The van der Waals surface area contributed by atoms with E-state index in [9.17, 15) is 4.79 Å². The van der Waals surface area contributed by atoms with Crippen LogP contribution in [0.4, 0.5) is 0 Å². The van der Waals surface area contributed by atoms with Gasteiger partial charge in [-0.3, -0.25) is 9.89 Å². The molecule has 0 spiro atoms. The number of hydrogen-bond acceptors (Lipinski definition) is 6. The minimum Gasteiger partial charge on any atom is -0.496 e. The van der Waals surface area contributed by atoms with E-state index in [1.165, 1.54) is 0 Å². The Morgan fingerprint density at radius 2 is 1.92 bits per heavy atom. The van der Waals surface area contributed by atoms with E-state index in [1.54, 1.807) is 32.4 Å². The topological polar surface area (TPSA) is 97.5 Å². The smallest absolute Gasteiger partial charge is 0.272 e. The first-order chi connectivity index (χ1) is 12.2. The van der Waals surface area contributed by atoms with E-state index >= 15 is 0 Å². The van der Waals surface area contributed by atoms with Crippen molar-refractivity contribution in [2.75, 3.05) is 33.9 Å². The van der Waals surface area contributed by atoms with E-state index in [4.69, 9.17) is 14.2 Å². The van der Waals surface area contributed by atoms with Gasteiger partial charge in [0.15, 0.2) is 5.69 Å². The second kappa shape index (κ2) is 7.89. The number of nitrogens with zero attached hydrogens (tertiary/aromatic N) is 1. The van der Waals surface area contributed by atoms with Crippen molar-refractivity contribution in [1.29, 1.82) is 0 Å². The molecule has 2 heterocycles. The fraction of sp³-hybridized carbons (Fsp3) is 0.412. The fourth-order valence-electron chi connectivity index (χ4n) is 2.69. The summed E-state index contributed by atoms with van der Waals surface area (Å²) in [5, 5.41) is 13.1. The van der Waals surface area contributed by atoms with Crippen LogP contribution in [0.5, 0.6) is 17.2 Å². The second-order valence-corrected chi connectivity index (χ2v) is 5.61. The number of aromatic nitrogens is 2. The standard InChI is InChI=1S/C17H22N4O4/c1-23-11-7-12(24-2)9-13(8-11)25-6-5-19-17(22)16-14-10-18-4-3-15(14)20-21-16/h7-9,18H,3-6,10H2,1-2H3,(H,19,22)(H,20,21). The van der Waals surface area contributed by atoms with Crippen LogP contribution in [0.3, 0.4) is 0 Å². The minimum atomic E-state index is -0.201. The van der Waals surface area contributed by atoms with Crippen LogP contribution in [0.15, 0.2) is 18.2 Å². The molecule has 8 heteroatoms. The van der Waals surface area contributed by atoms with Gasteiger partial charge in [-0.1, -0.05) is 0 Å². The lowest BCUT2D eigenvalue weighted by atomic mass is 10.1. The van der Waals surface area contributed by atoms with Crippen LogP contribution in [0.2, 0.25) is 0 Å². The highest BCUT2D eigenvalue weighted by Crippen LogP contribution is 2.27. The number of amides is 1. The Bertz CT molecular complexity index is 722. The molecule has 2 aromatic rings. The summed E-state index contributed by atoms with van der Waals surface area (Å²) >= 11 is 0. The van der Waals surface area contributed by atoms with Gasteiger partial charge in [0.05, 0.1) is 20.8 Å². The van der Waals surface area contributed by atoms with Gasteiger partial charge in [0, 0.05) is 49.0 Å². The van der Waals surface area contributed by atoms with Gasteiger partial charge in [0.25, 0.3) is 5.91 Å². The molecule has 1 aliphatic heterocycles. The van der Waals surface area contributed by atoms with E-state index in [-0.39, 0.29) is 5.91 Å². The zero-order valence-corrected chi connectivity index (χ0v) is 14.3. The lowest BCUT2D eigenvalue weighted by molar-refractivity contribution is 0.0940. The SMILES string of the molecule is COc1cc(OC)cc(OCCNC(=O)c2n[nH]c3c2CNCC3)c1. The summed E-state index contributed by atoms with van der Waals surface area (Å²) in [4.78, 5) is 12.3. The molecule has 0 saturated heterocycles. The molecule has 0 fully saturated rings. The third-order valence-corrected chi connectivity index (χ3v) is 4.00. The van der Waals surface area contributed by atoms with Gasteiger partial charge >= 0.3 is 0 Å². The molecule has 134 valence electrons. The number of benzene rings is 1. The number of aromatic amines is 1. The molecule has 3 rings (SSSR count). The van der Waals surface area contributed by atoms with Crippen molar-refractivity contribution >= 4 is 5.91 Å². The Hall–Kier alpha value is -2.74. The van der Waals surface area contributed by atoms with Crippen molar-refractivity contribution in [3.8, 4) is 17.2 Å². The van der Waals surface area contributed by atoms with Gasteiger partial charge < -0.3 is 24.8 Å². The number of fused-ring (bicyclic) bond motifs is 1. The van der Waals surface area contributed by atoms with Crippen molar-refractivity contribution < 1.29 is 19.0 Å². The van der Waals surface area contributed by atoms with Crippen LogP contribution in [0.25, 0.3) is 0 Å². The second-order valence-electron chi connectivity index (χ2n) is 5.61. The maximum Gasteiger partial charge on any atom is 0.272 e. The third-order valence-electron chi connectivity index (χ3n) is 4.00. The minimum absolute atomic E-state index is 0.201. The number of H-pyrrole nitrogens is 1. The van der Waals surface area contributed by atoms with Gasteiger partial charge in [-0.15, -0.1) is 0 Å². The average Bonchev–Trinajstić information content (AvgIpc) is 3.09. The largest absolute Gasteiger partial charge is 0.496 e. The molecule has 0 bridgehead atoms. The van der Waals surface area contributed by atoms with Gasteiger partial charge in [0.1, 0.15) is 23.9 Å². The number of ether oxygens (including phenoxy) is 3. The molecular weight excluding hydrogens is 324 g/mol. The monoisotopic (exact) mass is 346 g/mol. The van der Waals surface area contributed by atoms with Crippen molar-refractivity contribution in [3.63, 3.8) is 0 Å². The van der Waals surface area contributed by atoms with Gasteiger partial charge in [-0.05, 0) is 0 Å². The molecule has 0 atom stereocenters. The Morgan fingerprint density at radius 3 is 2.64 bits per heavy atom. The summed E-state index contributed by atoms with van der Waals surface area (Å²) in [7, 11) is 3.16. The van der Waals surface area contributed by atoms with Crippen LogP contribution >= 0.6 is 0 Å². The van der Waals surface area contributed by atoms with Crippen molar-refractivity contribution in [2.45, 2.75) is 13.0 Å². The van der Waals surface area contributed by atoms with Crippen LogP contribution in [-0.2, 0) is 13.0 Å². The third kappa shape index (κ3) is 4.03. The van der Waals surface area contributed by atoms with Crippen molar-refractivity contribution in [3.05, 3.63) is 35.2 Å². The summed E-state index contributed by atoms with van der Waals surface area (Å²) in [6.07, 6.45) is 0.858. The lowest BCUT2D eigenvalue weighted by Crippen LogP contribution is -2.31. The van der Waals surface area contributed by atoms with Crippen LogP contribution in [0, 0.1) is 0 Å². The van der Waals surface area contributed by atoms with Crippen molar-refractivity contribution in [2.24, 2.45) is 0 Å². The highest BCUT2D eigenvalue weighted by Gasteiger charge is 2.21. The Labute approximate surface area is 145 Å². The molecular formula is C17H22N4O4. The maximum atomic E-state index is 12.3. The molecule has 3 N–H and O–H groups in total. The summed E-state index contributed by atoms with van der Waals surface area (Å²) in [5.41, 5.74) is 2.43. The molecule has 0 saturated carbocycles. The molecule has 1 aromatic heterocycles. The van der Waals surface area contributed by atoms with E-state index in [0.29, 0.717) is 42.6 Å². The van der Waals surface area contributed by atoms with E-state index < -0.39 is 0 Å². The highest BCUT2D eigenvalue weighted by atomic mass is 16.5. The van der Waals surface area contributed by atoms with Crippen molar-refractivity contribution in [1.82, 2.24) is 20.8 Å². The number of nitrogens with one attached hydrogen (secondary N) is 3. The van der Waals surface area contributed by atoms with Crippen LogP contribution in [0.1, 0.15) is 21.7 Å². The zero-order valence-electron chi connectivity index (χ0n) is 14.3. The van der Waals surface area contributed by atoms with Crippen LogP contribution < -0.4 is 24.8 Å². The molecule has 1 aromatic carbocycles. The van der Waals surface area contributed by atoms with Gasteiger partial charge in [-0.25, -0.2) is 0 Å². The molecule has 8 nitrogen and oxygen atoms in total. The number of carbonyl (C=O) groups is 1. The summed E-state index contributed by atoms with van der Waals surface area (Å²) < 4.78 is 16.0. The highest BCUT2D eigenvalue weighted by molar-refractivity contribution is 5.94. The summed E-state index contributed by atoms with van der Waals surface area (Å²) in [6.45, 7) is 2.25. The number of rotatable bonds is 7. The lowest BCUT2D eigenvalue weighted by Gasteiger charge is -2.13. The Balaban J connectivity index is 1.52. The van der Waals surface area contributed by atoms with Gasteiger partial charge in [0.2, 0.25) is 0 Å². The predicted octanol–water partition coefficient (Wildman–Crippen LogP) is 0.881. The first-order valence-electron chi connectivity index (χ1n) is 8.12. The Kier molecular flexibility index (Phi) is 5.39. The maximum absolute atomic E-state index is 12.3. The quantitative estimate of drug-likeness (QED) is 0.644. The van der Waals surface area contributed by atoms with E-state index in [0.717, 1.165) is 24.2 Å². The number of hydrogen-bond donors (Lipinski definition) is 3. The number of carbonyl (C=O) groups excluding carboxylic acids is 1.